The van der Waals surface area contributed by atoms with Crippen molar-refractivity contribution in [3.05, 3.63) is 46.1 Å². The number of carbonyl (C=O) groups is 1. The van der Waals surface area contributed by atoms with Gasteiger partial charge in [-0.15, -0.1) is 0 Å². The molecule has 2 heterocycles. The number of benzene rings is 1. The number of primary amides is 1. The Bertz CT molecular complexity index is 964. The third kappa shape index (κ3) is 2.30. The fraction of sp³-hybridized carbons (Fsp3) is 0.353. The minimum atomic E-state index is -0.483. The van der Waals surface area contributed by atoms with Crippen LogP contribution in [0.4, 0.5) is 0 Å². The van der Waals surface area contributed by atoms with Crippen LogP contribution in [0, 0.1) is 5.92 Å². The third-order valence-corrected chi connectivity index (χ3v) is 4.78. The molecule has 6 nitrogen and oxygen atoms in total. The maximum Gasteiger partial charge on any atom is 0.274 e. The van der Waals surface area contributed by atoms with Gasteiger partial charge in [0.2, 0.25) is 5.91 Å². The largest absolute Gasteiger partial charge is 0.366 e. The molecular weight excluding hydrogens is 292 g/mol. The molecule has 4 rings (SSSR count). The monoisotopic (exact) mass is 310 g/mol. The number of fused-ring (bicyclic) bond motifs is 3. The summed E-state index contributed by atoms with van der Waals surface area (Å²) in [5, 5.41) is 0. The predicted octanol–water partition coefficient (Wildman–Crippen LogP) is 2.01. The van der Waals surface area contributed by atoms with Crippen LogP contribution >= 0.6 is 0 Å². The Morgan fingerprint density at radius 2 is 2.09 bits per heavy atom. The lowest BCUT2D eigenvalue weighted by atomic mass is 10.0. The number of hydrogen-bond donors (Lipinski definition) is 2. The standard InChI is InChI=1S/C17H18N4O2/c18-16(22)11-5-6-12-13(8-11)21-14(17(23)20-12)9-19-15(21)7-10-3-1-2-4-10/h5-6,8-10H,1-4,7H2,(H2,18,22)(H,20,23). The van der Waals surface area contributed by atoms with E-state index in [4.69, 9.17) is 5.73 Å². The Morgan fingerprint density at radius 3 is 2.83 bits per heavy atom. The van der Waals surface area contributed by atoms with Crippen molar-refractivity contribution >= 4 is 22.5 Å². The van der Waals surface area contributed by atoms with Crippen molar-refractivity contribution in [1.82, 2.24) is 14.4 Å². The van der Waals surface area contributed by atoms with Crippen LogP contribution in [0.3, 0.4) is 0 Å². The van der Waals surface area contributed by atoms with E-state index in [2.05, 4.69) is 9.97 Å². The summed E-state index contributed by atoms with van der Waals surface area (Å²) in [6, 6.07) is 5.07. The molecule has 23 heavy (non-hydrogen) atoms. The van der Waals surface area contributed by atoms with Crippen LogP contribution < -0.4 is 11.3 Å². The van der Waals surface area contributed by atoms with Crippen LogP contribution in [0.25, 0.3) is 16.6 Å². The van der Waals surface area contributed by atoms with E-state index in [1.807, 2.05) is 4.40 Å². The normalized spacial score (nSPS) is 15.7. The zero-order valence-corrected chi connectivity index (χ0v) is 12.7. The van der Waals surface area contributed by atoms with Crippen LogP contribution in [0.5, 0.6) is 0 Å². The van der Waals surface area contributed by atoms with Crippen molar-refractivity contribution in [2.75, 3.05) is 0 Å². The fourth-order valence-corrected chi connectivity index (χ4v) is 3.60. The molecule has 3 N–H and O–H groups in total. The van der Waals surface area contributed by atoms with Crippen molar-refractivity contribution in [2.45, 2.75) is 32.1 Å². The zero-order chi connectivity index (χ0) is 16.0. The van der Waals surface area contributed by atoms with E-state index in [0.717, 1.165) is 17.8 Å². The second-order valence-corrected chi connectivity index (χ2v) is 6.30. The number of hydrogen-bond acceptors (Lipinski definition) is 3. The van der Waals surface area contributed by atoms with Gasteiger partial charge in [-0.1, -0.05) is 25.7 Å². The fourth-order valence-electron chi connectivity index (χ4n) is 3.60. The van der Waals surface area contributed by atoms with Gasteiger partial charge in [0.1, 0.15) is 11.3 Å². The van der Waals surface area contributed by atoms with E-state index in [-0.39, 0.29) is 5.56 Å². The molecule has 1 saturated carbocycles. The van der Waals surface area contributed by atoms with Gasteiger partial charge in [-0.05, 0) is 24.1 Å². The first-order valence-corrected chi connectivity index (χ1v) is 7.95. The molecule has 0 aliphatic heterocycles. The molecule has 0 unspecified atom stereocenters. The number of aromatic nitrogens is 3. The molecular formula is C17H18N4O2. The lowest BCUT2D eigenvalue weighted by Gasteiger charge is -2.10. The summed E-state index contributed by atoms with van der Waals surface area (Å²) in [7, 11) is 0. The van der Waals surface area contributed by atoms with Crippen LogP contribution in [0.15, 0.2) is 29.2 Å². The van der Waals surface area contributed by atoms with E-state index in [0.29, 0.717) is 22.5 Å². The quantitative estimate of drug-likeness (QED) is 0.775. The van der Waals surface area contributed by atoms with Crippen LogP contribution in [0.2, 0.25) is 0 Å². The van der Waals surface area contributed by atoms with Gasteiger partial charge in [-0.25, -0.2) is 4.98 Å². The molecule has 0 saturated heterocycles. The Balaban J connectivity index is 1.96. The molecule has 3 aromatic rings. The molecule has 0 radical (unpaired) electrons. The van der Waals surface area contributed by atoms with E-state index >= 15 is 0 Å². The molecule has 1 aromatic carbocycles. The van der Waals surface area contributed by atoms with Gasteiger partial charge in [0.05, 0.1) is 17.2 Å². The molecule has 6 heteroatoms. The minimum absolute atomic E-state index is 0.172. The zero-order valence-electron chi connectivity index (χ0n) is 12.7. The van der Waals surface area contributed by atoms with E-state index < -0.39 is 5.91 Å². The smallest absolute Gasteiger partial charge is 0.274 e. The second-order valence-electron chi connectivity index (χ2n) is 6.30. The number of carbonyl (C=O) groups excluding carboxylic acids is 1. The molecule has 1 aliphatic rings. The highest BCUT2D eigenvalue weighted by molar-refractivity contribution is 5.96. The van der Waals surface area contributed by atoms with E-state index in [1.54, 1.807) is 24.4 Å². The molecule has 0 spiro atoms. The van der Waals surface area contributed by atoms with Gasteiger partial charge >= 0.3 is 0 Å². The number of nitrogens with zero attached hydrogens (tertiary/aromatic N) is 2. The third-order valence-electron chi connectivity index (χ3n) is 4.78. The molecule has 118 valence electrons. The van der Waals surface area contributed by atoms with Crippen molar-refractivity contribution < 1.29 is 4.79 Å². The lowest BCUT2D eigenvalue weighted by Crippen LogP contribution is -2.14. The molecule has 0 atom stereocenters. The lowest BCUT2D eigenvalue weighted by molar-refractivity contribution is 0.100. The summed E-state index contributed by atoms with van der Waals surface area (Å²) < 4.78 is 1.87. The van der Waals surface area contributed by atoms with Crippen molar-refractivity contribution in [3.63, 3.8) is 0 Å². The highest BCUT2D eigenvalue weighted by Crippen LogP contribution is 2.28. The first kappa shape index (κ1) is 14.0. The highest BCUT2D eigenvalue weighted by Gasteiger charge is 2.19. The maximum atomic E-state index is 12.3. The maximum absolute atomic E-state index is 12.3. The predicted molar refractivity (Wildman–Crippen MR) is 87.5 cm³/mol. The summed E-state index contributed by atoms with van der Waals surface area (Å²) in [6.45, 7) is 0. The summed E-state index contributed by atoms with van der Waals surface area (Å²) in [4.78, 5) is 31.0. The van der Waals surface area contributed by atoms with Crippen LogP contribution in [0.1, 0.15) is 41.9 Å². The van der Waals surface area contributed by atoms with Crippen LogP contribution in [-0.2, 0) is 6.42 Å². The van der Waals surface area contributed by atoms with Gasteiger partial charge in [-0.2, -0.15) is 0 Å². The van der Waals surface area contributed by atoms with Gasteiger partial charge in [0.25, 0.3) is 5.56 Å². The molecule has 2 aromatic heterocycles. The Labute approximate surface area is 132 Å². The van der Waals surface area contributed by atoms with Crippen molar-refractivity contribution in [3.8, 4) is 0 Å². The number of amides is 1. The Kier molecular flexibility index (Phi) is 3.18. The van der Waals surface area contributed by atoms with E-state index in [1.165, 1.54) is 25.7 Å². The second kappa shape index (κ2) is 5.22. The molecule has 1 amide bonds. The first-order chi connectivity index (χ1) is 11.1. The topological polar surface area (TPSA) is 93.2 Å². The summed E-state index contributed by atoms with van der Waals surface area (Å²) in [5.41, 5.74) is 7.59. The Hall–Kier alpha value is -2.63. The number of imidazole rings is 1. The molecule has 1 aliphatic carbocycles. The summed E-state index contributed by atoms with van der Waals surface area (Å²) in [5.74, 6) is 1.02. The highest BCUT2D eigenvalue weighted by atomic mass is 16.1. The van der Waals surface area contributed by atoms with E-state index in [9.17, 15) is 9.59 Å². The summed E-state index contributed by atoms with van der Waals surface area (Å²) >= 11 is 0. The number of H-pyrrole nitrogens is 1. The van der Waals surface area contributed by atoms with Crippen molar-refractivity contribution in [1.29, 1.82) is 0 Å². The minimum Gasteiger partial charge on any atom is -0.366 e. The van der Waals surface area contributed by atoms with Gasteiger partial charge in [0.15, 0.2) is 0 Å². The average molecular weight is 310 g/mol. The first-order valence-electron chi connectivity index (χ1n) is 7.95. The van der Waals surface area contributed by atoms with Crippen LogP contribution in [-0.4, -0.2) is 20.3 Å². The van der Waals surface area contributed by atoms with Crippen molar-refractivity contribution in [2.24, 2.45) is 11.7 Å². The molecule has 0 bridgehead atoms. The summed E-state index contributed by atoms with van der Waals surface area (Å²) in [6.07, 6.45) is 7.42. The van der Waals surface area contributed by atoms with Gasteiger partial charge in [-0.3, -0.25) is 14.0 Å². The number of rotatable bonds is 3. The Morgan fingerprint density at radius 1 is 1.30 bits per heavy atom. The number of aromatic amines is 1. The van der Waals surface area contributed by atoms with Gasteiger partial charge in [0, 0.05) is 12.0 Å². The average Bonchev–Trinajstić information content (AvgIpc) is 3.18. The number of nitrogens with one attached hydrogen (secondary N) is 1. The van der Waals surface area contributed by atoms with Gasteiger partial charge < -0.3 is 10.7 Å². The SMILES string of the molecule is NC(=O)c1ccc2[nH]c(=O)c3cnc(CC4CCCC4)n3c2c1. The number of nitrogens with two attached hydrogens (primary N) is 1. The molecule has 1 fully saturated rings.